The van der Waals surface area contributed by atoms with E-state index >= 15 is 0 Å². The van der Waals surface area contributed by atoms with Crippen molar-refractivity contribution in [2.24, 2.45) is 0 Å². The van der Waals surface area contributed by atoms with Crippen LogP contribution < -0.4 is 5.32 Å². The minimum Gasteiger partial charge on any atom is -0.379 e. The van der Waals surface area contributed by atoms with E-state index in [4.69, 9.17) is 17.0 Å². The zero-order valence-corrected chi connectivity index (χ0v) is 18.8. The molecule has 2 saturated heterocycles. The smallest absolute Gasteiger partial charge is 0.170 e. The van der Waals surface area contributed by atoms with Crippen LogP contribution in [0.1, 0.15) is 29.9 Å². The number of hydrogen-bond donors (Lipinski definition) is 1. The molecule has 0 unspecified atom stereocenters. The number of pyridine rings is 2. The standard InChI is InChI=1S/C24H28N6OS/c32-24-27-22(20-5-1-2-9-26-20)23(30(24)14-4-12-28-15-17-31-18-16-28)21-6-3-13-29(21)19-7-10-25-11-8-19/h1-3,5-11,13,22-23H,4,12,14-18H2,(H,27,32)/t22-,23-/m0/s1. The Morgan fingerprint density at radius 1 is 1.00 bits per heavy atom. The molecule has 1 N–H and O–H groups in total. The minimum atomic E-state index is -0.0115. The molecule has 2 fully saturated rings. The van der Waals surface area contributed by atoms with Crippen molar-refractivity contribution in [3.05, 3.63) is 78.6 Å². The Morgan fingerprint density at radius 2 is 1.84 bits per heavy atom. The van der Waals surface area contributed by atoms with Crippen LogP contribution in [0.5, 0.6) is 0 Å². The molecule has 3 aromatic rings. The summed E-state index contributed by atoms with van der Waals surface area (Å²) >= 11 is 5.83. The maximum absolute atomic E-state index is 5.83. The highest BCUT2D eigenvalue weighted by Gasteiger charge is 2.41. The molecule has 3 aromatic heterocycles. The summed E-state index contributed by atoms with van der Waals surface area (Å²) in [7, 11) is 0. The number of nitrogens with one attached hydrogen (secondary N) is 1. The predicted octanol–water partition coefficient (Wildman–Crippen LogP) is 2.96. The zero-order chi connectivity index (χ0) is 21.8. The van der Waals surface area contributed by atoms with Gasteiger partial charge < -0.3 is 19.5 Å². The summed E-state index contributed by atoms with van der Waals surface area (Å²) in [5, 5.41) is 4.35. The number of nitrogens with zero attached hydrogens (tertiary/aromatic N) is 5. The molecular weight excluding hydrogens is 420 g/mol. The Balaban J connectivity index is 1.43. The number of morpholine rings is 1. The molecule has 0 amide bonds. The van der Waals surface area contributed by atoms with Gasteiger partial charge in [0, 0.05) is 62.3 Å². The van der Waals surface area contributed by atoms with E-state index in [-0.39, 0.29) is 12.1 Å². The van der Waals surface area contributed by atoms with E-state index in [1.54, 1.807) is 0 Å². The Kier molecular flexibility index (Phi) is 6.43. The SMILES string of the molecule is S=C1N[C@@H](c2ccccn2)[C@H](c2cccn2-c2ccncc2)N1CCCN1CCOCC1. The van der Waals surface area contributed by atoms with Gasteiger partial charge in [0.25, 0.3) is 0 Å². The first-order valence-electron chi connectivity index (χ1n) is 11.2. The Bertz CT molecular complexity index is 1020. The van der Waals surface area contributed by atoms with Crippen molar-refractivity contribution in [2.75, 3.05) is 39.4 Å². The quantitative estimate of drug-likeness (QED) is 0.558. The van der Waals surface area contributed by atoms with Gasteiger partial charge in [-0.2, -0.15) is 0 Å². The molecule has 7 nitrogen and oxygen atoms in total. The van der Waals surface area contributed by atoms with E-state index in [0.717, 1.165) is 62.3 Å². The van der Waals surface area contributed by atoms with Crippen molar-refractivity contribution in [2.45, 2.75) is 18.5 Å². The summed E-state index contributed by atoms with van der Waals surface area (Å²) in [4.78, 5) is 13.6. The summed E-state index contributed by atoms with van der Waals surface area (Å²) in [6.45, 7) is 5.61. The lowest BCUT2D eigenvalue weighted by molar-refractivity contribution is 0.0365. The van der Waals surface area contributed by atoms with Gasteiger partial charge in [-0.1, -0.05) is 6.07 Å². The summed E-state index contributed by atoms with van der Waals surface area (Å²) < 4.78 is 7.71. The first-order chi connectivity index (χ1) is 15.8. The third-order valence-corrected chi connectivity index (χ3v) is 6.55. The molecule has 166 valence electrons. The van der Waals surface area contributed by atoms with Crippen LogP contribution in [0, 0.1) is 0 Å². The van der Waals surface area contributed by atoms with Crippen LogP contribution in [-0.2, 0) is 4.74 Å². The van der Waals surface area contributed by atoms with Gasteiger partial charge in [0.2, 0.25) is 0 Å². The van der Waals surface area contributed by atoms with Crippen LogP contribution in [0.2, 0.25) is 0 Å². The second-order valence-electron chi connectivity index (χ2n) is 8.14. The lowest BCUT2D eigenvalue weighted by atomic mass is 10.0. The lowest BCUT2D eigenvalue weighted by Crippen LogP contribution is -2.39. The van der Waals surface area contributed by atoms with Crippen LogP contribution in [0.15, 0.2) is 67.3 Å². The third-order valence-electron chi connectivity index (χ3n) is 6.20. The van der Waals surface area contributed by atoms with Crippen molar-refractivity contribution in [1.29, 1.82) is 0 Å². The van der Waals surface area contributed by atoms with E-state index in [2.05, 4.69) is 54.0 Å². The second-order valence-corrected chi connectivity index (χ2v) is 8.52. The van der Waals surface area contributed by atoms with Crippen LogP contribution in [0.25, 0.3) is 5.69 Å². The van der Waals surface area contributed by atoms with E-state index < -0.39 is 0 Å². The molecule has 2 aliphatic heterocycles. The monoisotopic (exact) mass is 448 g/mol. The normalized spacial score (nSPS) is 21.6. The van der Waals surface area contributed by atoms with Crippen molar-refractivity contribution in [1.82, 2.24) is 29.7 Å². The van der Waals surface area contributed by atoms with Crippen LogP contribution in [0.4, 0.5) is 0 Å². The zero-order valence-electron chi connectivity index (χ0n) is 18.0. The van der Waals surface area contributed by atoms with Crippen LogP contribution >= 0.6 is 12.2 Å². The Hall–Kier alpha value is -2.81. The van der Waals surface area contributed by atoms with Gasteiger partial charge >= 0.3 is 0 Å². The summed E-state index contributed by atoms with van der Waals surface area (Å²) in [6.07, 6.45) is 8.65. The van der Waals surface area contributed by atoms with Gasteiger partial charge in [0.05, 0.1) is 31.0 Å². The molecule has 2 aliphatic rings. The molecule has 0 bridgehead atoms. The topological polar surface area (TPSA) is 58.5 Å². The molecule has 5 rings (SSSR count). The van der Waals surface area contributed by atoms with E-state index in [1.165, 1.54) is 5.69 Å². The fourth-order valence-electron chi connectivity index (χ4n) is 4.63. The Morgan fingerprint density at radius 3 is 2.62 bits per heavy atom. The predicted molar refractivity (Wildman–Crippen MR) is 128 cm³/mol. The molecule has 32 heavy (non-hydrogen) atoms. The van der Waals surface area contributed by atoms with Crippen molar-refractivity contribution >= 4 is 17.3 Å². The van der Waals surface area contributed by atoms with Gasteiger partial charge in [-0.3, -0.25) is 14.9 Å². The van der Waals surface area contributed by atoms with Gasteiger partial charge in [0.15, 0.2) is 5.11 Å². The minimum absolute atomic E-state index is 0.0115. The van der Waals surface area contributed by atoms with Crippen molar-refractivity contribution in [3.8, 4) is 5.69 Å². The molecule has 8 heteroatoms. The fourth-order valence-corrected chi connectivity index (χ4v) is 4.96. The second kappa shape index (κ2) is 9.77. The number of hydrogen-bond acceptors (Lipinski definition) is 5. The van der Waals surface area contributed by atoms with Crippen molar-refractivity contribution in [3.63, 3.8) is 0 Å². The average molecular weight is 449 g/mol. The number of thiocarbonyl (C=S) groups is 1. The van der Waals surface area contributed by atoms with Gasteiger partial charge in [-0.05, 0) is 55.0 Å². The third kappa shape index (κ3) is 4.39. The fraction of sp³-hybridized carbons (Fsp3) is 0.375. The summed E-state index contributed by atoms with van der Waals surface area (Å²) in [5.41, 5.74) is 3.27. The average Bonchev–Trinajstić information content (AvgIpc) is 3.45. The number of aromatic nitrogens is 3. The Labute approximate surface area is 194 Å². The van der Waals surface area contributed by atoms with Gasteiger partial charge in [-0.15, -0.1) is 0 Å². The highest BCUT2D eigenvalue weighted by Crippen LogP contribution is 2.39. The first kappa shape index (κ1) is 21.1. The van der Waals surface area contributed by atoms with Gasteiger partial charge in [0.1, 0.15) is 0 Å². The molecule has 0 aromatic carbocycles. The van der Waals surface area contributed by atoms with Crippen LogP contribution in [-0.4, -0.2) is 68.8 Å². The molecule has 5 heterocycles. The molecule has 0 spiro atoms. The maximum atomic E-state index is 5.83. The number of ether oxygens (including phenoxy) is 1. The largest absolute Gasteiger partial charge is 0.379 e. The highest BCUT2D eigenvalue weighted by atomic mass is 32.1. The van der Waals surface area contributed by atoms with Crippen LogP contribution in [0.3, 0.4) is 0 Å². The summed E-state index contributed by atoms with van der Waals surface area (Å²) in [5.74, 6) is 0. The number of rotatable bonds is 7. The lowest BCUT2D eigenvalue weighted by Gasteiger charge is -2.31. The van der Waals surface area contributed by atoms with Gasteiger partial charge in [-0.25, -0.2) is 0 Å². The van der Waals surface area contributed by atoms with E-state index in [9.17, 15) is 0 Å². The molecule has 2 atom stereocenters. The maximum Gasteiger partial charge on any atom is 0.170 e. The molecular formula is C24H28N6OS. The van der Waals surface area contributed by atoms with Crippen molar-refractivity contribution < 1.29 is 4.74 Å². The summed E-state index contributed by atoms with van der Waals surface area (Å²) in [6, 6.07) is 14.4. The highest BCUT2D eigenvalue weighted by molar-refractivity contribution is 7.80. The van der Waals surface area contributed by atoms with E-state index in [0.29, 0.717) is 0 Å². The van der Waals surface area contributed by atoms with E-state index in [1.807, 2.05) is 42.9 Å². The molecule has 0 radical (unpaired) electrons. The molecule has 0 saturated carbocycles. The first-order valence-corrected chi connectivity index (χ1v) is 11.6. The molecule has 0 aliphatic carbocycles.